The number of anilines is 1. The van der Waals surface area contributed by atoms with Crippen LogP contribution in [-0.4, -0.2) is 19.0 Å². The van der Waals surface area contributed by atoms with Crippen molar-refractivity contribution in [1.82, 2.24) is 0 Å². The van der Waals surface area contributed by atoms with Gasteiger partial charge in [0, 0.05) is 5.69 Å². The Hall–Kier alpha value is -2.63. The Kier molecular flexibility index (Phi) is 5.91. The Morgan fingerprint density at radius 1 is 1.22 bits per heavy atom. The van der Waals surface area contributed by atoms with E-state index >= 15 is 0 Å². The van der Waals surface area contributed by atoms with Gasteiger partial charge in [0.2, 0.25) is 0 Å². The van der Waals surface area contributed by atoms with E-state index in [0.717, 1.165) is 16.8 Å². The number of nitrogens with one attached hydrogen (secondary N) is 1. The van der Waals surface area contributed by atoms with E-state index in [4.69, 9.17) is 10.5 Å². The molecule has 2 aromatic rings. The number of guanidine groups is 1. The second-order valence-corrected chi connectivity index (χ2v) is 5.05. The molecule has 0 aliphatic carbocycles. The van der Waals surface area contributed by atoms with Gasteiger partial charge in [-0.15, -0.1) is 0 Å². The number of aliphatic imine (C=N–C) groups is 1. The molecule has 6 heteroatoms. The fourth-order valence-electron chi connectivity index (χ4n) is 1.98. The van der Waals surface area contributed by atoms with E-state index in [1.807, 2.05) is 37.3 Å². The van der Waals surface area contributed by atoms with Gasteiger partial charge in [-0.2, -0.15) is 0 Å². The molecule has 0 spiro atoms. The summed E-state index contributed by atoms with van der Waals surface area (Å²) in [4.78, 5) is 4.24. The van der Waals surface area contributed by atoms with Gasteiger partial charge in [-0.05, 0) is 42.3 Å². The molecule has 0 saturated heterocycles. The molecule has 2 rings (SSSR count). The fraction of sp³-hybridized carbons (Fsp3) is 0.235. The van der Waals surface area contributed by atoms with E-state index in [-0.39, 0.29) is 5.96 Å². The van der Waals surface area contributed by atoms with Crippen molar-refractivity contribution in [2.45, 2.75) is 19.9 Å². The first-order chi connectivity index (χ1) is 11.0. The van der Waals surface area contributed by atoms with Crippen LogP contribution in [0.5, 0.6) is 5.75 Å². The summed E-state index contributed by atoms with van der Waals surface area (Å²) in [5, 5.41) is 3.01. The molecule has 0 atom stereocenters. The molecule has 0 radical (unpaired) electrons. The van der Waals surface area contributed by atoms with E-state index in [1.54, 1.807) is 18.2 Å². The first kappa shape index (κ1) is 16.7. The molecule has 4 nitrogen and oxygen atoms in total. The molecule has 0 amide bonds. The van der Waals surface area contributed by atoms with Crippen LogP contribution in [0, 0.1) is 6.92 Å². The Bertz CT molecular complexity index is 674. The van der Waals surface area contributed by atoms with Crippen LogP contribution in [0.3, 0.4) is 0 Å². The summed E-state index contributed by atoms with van der Waals surface area (Å²) in [6, 6.07) is 14.6. The number of halogens is 2. The normalized spacial score (nSPS) is 11.6. The quantitative estimate of drug-likeness (QED) is 0.632. The highest BCUT2D eigenvalue weighted by Crippen LogP contribution is 2.15. The van der Waals surface area contributed by atoms with Crippen molar-refractivity contribution in [3.05, 3.63) is 59.7 Å². The summed E-state index contributed by atoms with van der Waals surface area (Å²) in [5.74, 6) is 0.678. The van der Waals surface area contributed by atoms with Gasteiger partial charge in [0.25, 0.3) is 6.43 Å². The third-order valence-electron chi connectivity index (χ3n) is 3.00. The first-order valence-electron chi connectivity index (χ1n) is 7.16. The second-order valence-electron chi connectivity index (χ2n) is 5.05. The monoisotopic (exact) mass is 319 g/mol. The average molecular weight is 319 g/mol. The predicted molar refractivity (Wildman–Crippen MR) is 88.1 cm³/mol. The second kappa shape index (κ2) is 8.12. The highest BCUT2D eigenvalue weighted by Gasteiger charge is 2.04. The number of ether oxygens (including phenoxy) is 1. The Labute approximate surface area is 134 Å². The molecule has 23 heavy (non-hydrogen) atoms. The molecule has 122 valence electrons. The van der Waals surface area contributed by atoms with Crippen LogP contribution >= 0.6 is 0 Å². The van der Waals surface area contributed by atoms with Gasteiger partial charge >= 0.3 is 0 Å². The molecular weight excluding hydrogens is 300 g/mol. The highest BCUT2D eigenvalue weighted by atomic mass is 19.3. The minimum Gasteiger partial charge on any atom is -0.488 e. The largest absolute Gasteiger partial charge is 0.488 e. The third-order valence-corrected chi connectivity index (χ3v) is 3.00. The van der Waals surface area contributed by atoms with Crippen molar-refractivity contribution < 1.29 is 13.5 Å². The molecule has 0 bridgehead atoms. The van der Waals surface area contributed by atoms with E-state index in [9.17, 15) is 8.78 Å². The Morgan fingerprint density at radius 3 is 2.74 bits per heavy atom. The number of alkyl halides is 2. The standard InChI is InChI=1S/C17H19F2N3O/c1-12-4-2-6-14(8-12)22-17(20)21-10-13-5-3-7-15(9-13)23-11-16(18)19/h2-9,16H,10-11H2,1H3,(H3,20,21,22). The minimum absolute atomic E-state index is 0.287. The van der Waals surface area contributed by atoms with Gasteiger partial charge in [-0.25, -0.2) is 13.8 Å². The van der Waals surface area contributed by atoms with Gasteiger partial charge in [-0.1, -0.05) is 24.3 Å². The zero-order chi connectivity index (χ0) is 16.7. The average Bonchev–Trinajstić information content (AvgIpc) is 2.51. The van der Waals surface area contributed by atoms with Gasteiger partial charge in [-0.3, -0.25) is 0 Å². The van der Waals surface area contributed by atoms with Gasteiger partial charge in [0.05, 0.1) is 6.54 Å². The number of benzene rings is 2. The maximum Gasteiger partial charge on any atom is 0.272 e. The van der Waals surface area contributed by atoms with Gasteiger partial charge in [0.1, 0.15) is 12.4 Å². The first-order valence-corrected chi connectivity index (χ1v) is 7.16. The van der Waals surface area contributed by atoms with E-state index in [1.165, 1.54) is 0 Å². The number of hydrogen-bond donors (Lipinski definition) is 2. The van der Waals surface area contributed by atoms with Crippen LogP contribution in [0.15, 0.2) is 53.5 Å². The molecule has 0 aromatic heterocycles. The molecule has 0 fully saturated rings. The zero-order valence-electron chi connectivity index (χ0n) is 12.8. The Balaban J connectivity index is 1.94. The lowest BCUT2D eigenvalue weighted by atomic mass is 10.2. The van der Waals surface area contributed by atoms with Crippen LogP contribution in [0.4, 0.5) is 14.5 Å². The van der Waals surface area contributed by atoms with Crippen LogP contribution in [0.25, 0.3) is 0 Å². The lowest BCUT2D eigenvalue weighted by Crippen LogP contribution is -2.22. The van der Waals surface area contributed by atoms with Gasteiger partial charge in [0.15, 0.2) is 5.96 Å². The minimum atomic E-state index is -2.49. The van der Waals surface area contributed by atoms with Crippen molar-refractivity contribution in [2.75, 3.05) is 11.9 Å². The molecule has 0 unspecified atom stereocenters. The summed E-state index contributed by atoms with van der Waals surface area (Å²) in [5.41, 5.74) is 8.65. The summed E-state index contributed by atoms with van der Waals surface area (Å²) < 4.78 is 29.3. The molecule has 3 N–H and O–H groups in total. The van der Waals surface area contributed by atoms with Crippen LogP contribution in [0.2, 0.25) is 0 Å². The molecule has 0 aliphatic rings. The molecule has 0 aliphatic heterocycles. The lowest BCUT2D eigenvalue weighted by Gasteiger charge is -2.08. The Morgan fingerprint density at radius 2 is 2.00 bits per heavy atom. The number of aryl methyl sites for hydroxylation is 1. The molecular formula is C17H19F2N3O. The zero-order valence-corrected chi connectivity index (χ0v) is 12.8. The van der Waals surface area contributed by atoms with Crippen molar-refractivity contribution in [3.8, 4) is 5.75 Å². The number of nitrogens with zero attached hydrogens (tertiary/aromatic N) is 1. The van der Waals surface area contributed by atoms with Crippen molar-refractivity contribution in [1.29, 1.82) is 0 Å². The van der Waals surface area contributed by atoms with E-state index in [0.29, 0.717) is 12.3 Å². The molecule has 0 saturated carbocycles. The SMILES string of the molecule is Cc1cccc(NC(N)=NCc2cccc(OCC(F)F)c2)c1. The van der Waals surface area contributed by atoms with Crippen molar-refractivity contribution in [3.63, 3.8) is 0 Å². The number of hydrogen-bond acceptors (Lipinski definition) is 2. The predicted octanol–water partition coefficient (Wildman–Crippen LogP) is 3.57. The smallest absolute Gasteiger partial charge is 0.272 e. The van der Waals surface area contributed by atoms with Crippen molar-refractivity contribution >= 4 is 11.6 Å². The molecule has 0 heterocycles. The molecule has 2 aromatic carbocycles. The number of rotatable bonds is 6. The number of nitrogens with two attached hydrogens (primary N) is 1. The highest BCUT2D eigenvalue weighted by molar-refractivity contribution is 5.92. The maximum absolute atomic E-state index is 12.1. The summed E-state index contributed by atoms with van der Waals surface area (Å²) in [6.45, 7) is 1.70. The van der Waals surface area contributed by atoms with Crippen LogP contribution < -0.4 is 15.8 Å². The lowest BCUT2D eigenvalue weighted by molar-refractivity contribution is 0.0818. The van der Waals surface area contributed by atoms with Gasteiger partial charge < -0.3 is 15.8 Å². The van der Waals surface area contributed by atoms with Crippen LogP contribution in [0.1, 0.15) is 11.1 Å². The van der Waals surface area contributed by atoms with Crippen molar-refractivity contribution in [2.24, 2.45) is 10.7 Å². The fourth-order valence-corrected chi connectivity index (χ4v) is 1.98. The summed E-state index contributed by atoms with van der Waals surface area (Å²) in [7, 11) is 0. The topological polar surface area (TPSA) is 59.6 Å². The maximum atomic E-state index is 12.1. The van der Waals surface area contributed by atoms with E-state index in [2.05, 4.69) is 10.3 Å². The summed E-state index contributed by atoms with van der Waals surface area (Å²) >= 11 is 0. The van der Waals surface area contributed by atoms with E-state index < -0.39 is 13.0 Å². The summed E-state index contributed by atoms with van der Waals surface area (Å²) in [6.07, 6.45) is -2.49. The van der Waals surface area contributed by atoms with Crippen LogP contribution in [-0.2, 0) is 6.54 Å². The third kappa shape index (κ3) is 5.94.